The van der Waals surface area contributed by atoms with Crippen LogP contribution in [0.1, 0.15) is 27.7 Å². The molecular formula is C21H15N3O. The van der Waals surface area contributed by atoms with E-state index >= 15 is 0 Å². The van der Waals surface area contributed by atoms with Crippen LogP contribution in [0.2, 0.25) is 0 Å². The molecule has 4 heteroatoms. The van der Waals surface area contributed by atoms with Gasteiger partial charge in [0.1, 0.15) is 6.17 Å². The fourth-order valence-electron chi connectivity index (χ4n) is 3.12. The van der Waals surface area contributed by atoms with Gasteiger partial charge in [0.2, 0.25) is 0 Å². The van der Waals surface area contributed by atoms with Gasteiger partial charge in [-0.2, -0.15) is 5.26 Å². The van der Waals surface area contributed by atoms with Crippen LogP contribution in [-0.2, 0) is 0 Å². The summed E-state index contributed by atoms with van der Waals surface area (Å²) in [6.07, 6.45) is -0.377. The average molecular weight is 325 g/mol. The van der Waals surface area contributed by atoms with Crippen molar-refractivity contribution in [2.45, 2.75) is 6.17 Å². The van der Waals surface area contributed by atoms with E-state index < -0.39 is 0 Å². The van der Waals surface area contributed by atoms with Crippen molar-refractivity contribution in [2.75, 3.05) is 10.2 Å². The van der Waals surface area contributed by atoms with E-state index in [0.717, 1.165) is 16.9 Å². The van der Waals surface area contributed by atoms with Gasteiger partial charge in [-0.15, -0.1) is 0 Å². The predicted octanol–water partition coefficient (Wildman–Crippen LogP) is 4.33. The van der Waals surface area contributed by atoms with Gasteiger partial charge in [-0.3, -0.25) is 9.69 Å². The van der Waals surface area contributed by atoms with Crippen molar-refractivity contribution in [3.8, 4) is 6.07 Å². The molecule has 0 unspecified atom stereocenters. The number of rotatable bonds is 2. The molecule has 1 heterocycles. The SMILES string of the molecule is N#Cc1cccc([C@H]2Nc3ccccc3C(=O)N2c2ccccc2)c1. The van der Waals surface area contributed by atoms with E-state index in [4.69, 9.17) is 0 Å². The highest BCUT2D eigenvalue weighted by Gasteiger charge is 2.33. The zero-order valence-corrected chi connectivity index (χ0v) is 13.4. The van der Waals surface area contributed by atoms with Crippen molar-refractivity contribution in [1.29, 1.82) is 5.26 Å². The van der Waals surface area contributed by atoms with E-state index in [-0.39, 0.29) is 12.1 Å². The normalized spacial score (nSPS) is 15.9. The maximum Gasteiger partial charge on any atom is 0.262 e. The van der Waals surface area contributed by atoms with Crippen LogP contribution in [0.4, 0.5) is 11.4 Å². The monoisotopic (exact) mass is 325 g/mol. The van der Waals surface area contributed by atoms with Crippen molar-refractivity contribution in [3.05, 3.63) is 95.6 Å². The van der Waals surface area contributed by atoms with E-state index in [1.807, 2.05) is 72.8 Å². The van der Waals surface area contributed by atoms with Gasteiger partial charge in [-0.1, -0.05) is 42.5 Å². The summed E-state index contributed by atoms with van der Waals surface area (Å²) in [7, 11) is 0. The van der Waals surface area contributed by atoms with Gasteiger partial charge in [0, 0.05) is 11.4 Å². The molecule has 0 saturated heterocycles. The quantitative estimate of drug-likeness (QED) is 0.763. The van der Waals surface area contributed by atoms with Gasteiger partial charge >= 0.3 is 0 Å². The predicted molar refractivity (Wildman–Crippen MR) is 97.2 cm³/mol. The molecule has 1 amide bonds. The minimum absolute atomic E-state index is 0.0621. The lowest BCUT2D eigenvalue weighted by Crippen LogP contribution is -2.43. The summed E-state index contributed by atoms with van der Waals surface area (Å²) in [6, 6.07) is 26.5. The smallest absolute Gasteiger partial charge is 0.262 e. The second kappa shape index (κ2) is 6.14. The fraction of sp³-hybridized carbons (Fsp3) is 0.0476. The highest BCUT2D eigenvalue weighted by atomic mass is 16.2. The molecule has 0 fully saturated rings. The van der Waals surface area contributed by atoms with Crippen molar-refractivity contribution in [2.24, 2.45) is 0 Å². The summed E-state index contributed by atoms with van der Waals surface area (Å²) in [5.41, 5.74) is 3.68. The molecule has 1 aliphatic rings. The van der Waals surface area contributed by atoms with Gasteiger partial charge in [0.15, 0.2) is 0 Å². The molecule has 1 N–H and O–H groups in total. The van der Waals surface area contributed by atoms with E-state index in [2.05, 4.69) is 11.4 Å². The van der Waals surface area contributed by atoms with Crippen LogP contribution >= 0.6 is 0 Å². The summed E-state index contributed by atoms with van der Waals surface area (Å²) >= 11 is 0. The van der Waals surface area contributed by atoms with Crippen LogP contribution in [0, 0.1) is 11.3 Å². The summed E-state index contributed by atoms with van der Waals surface area (Å²) < 4.78 is 0. The topological polar surface area (TPSA) is 56.1 Å². The molecule has 120 valence electrons. The second-order valence-corrected chi connectivity index (χ2v) is 5.84. The molecule has 3 aromatic rings. The summed E-state index contributed by atoms with van der Waals surface area (Å²) in [5.74, 6) is -0.0621. The van der Waals surface area contributed by atoms with Gasteiger partial charge in [0.05, 0.1) is 17.2 Å². The van der Waals surface area contributed by atoms with Gasteiger partial charge in [-0.05, 0) is 42.0 Å². The van der Waals surface area contributed by atoms with Gasteiger partial charge in [-0.25, -0.2) is 0 Å². The molecule has 0 spiro atoms. The number of anilines is 2. The molecule has 4 nitrogen and oxygen atoms in total. The Balaban J connectivity index is 1.88. The molecule has 0 aromatic heterocycles. The van der Waals surface area contributed by atoms with E-state index in [9.17, 15) is 10.1 Å². The zero-order valence-electron chi connectivity index (χ0n) is 13.4. The Morgan fingerprint density at radius 3 is 2.48 bits per heavy atom. The number of para-hydroxylation sites is 2. The molecule has 25 heavy (non-hydrogen) atoms. The summed E-state index contributed by atoms with van der Waals surface area (Å²) in [5, 5.41) is 12.6. The number of nitrogens with zero attached hydrogens (tertiary/aromatic N) is 2. The first-order chi connectivity index (χ1) is 12.3. The van der Waals surface area contributed by atoms with Crippen LogP contribution in [0.3, 0.4) is 0 Å². The largest absolute Gasteiger partial charge is 0.360 e. The first-order valence-electron chi connectivity index (χ1n) is 8.02. The average Bonchev–Trinajstić information content (AvgIpc) is 2.68. The number of carbonyl (C=O) groups excluding carboxylic acids is 1. The molecule has 1 atom stereocenters. The number of fused-ring (bicyclic) bond motifs is 1. The highest BCUT2D eigenvalue weighted by Crippen LogP contribution is 2.36. The van der Waals surface area contributed by atoms with Crippen molar-refractivity contribution >= 4 is 17.3 Å². The Kier molecular flexibility index (Phi) is 3.68. The minimum Gasteiger partial charge on any atom is -0.360 e. The molecule has 1 aliphatic heterocycles. The first kappa shape index (κ1) is 15.0. The Morgan fingerprint density at radius 2 is 1.68 bits per heavy atom. The van der Waals surface area contributed by atoms with E-state index in [1.165, 1.54) is 0 Å². The third kappa shape index (κ3) is 2.62. The van der Waals surface area contributed by atoms with Crippen molar-refractivity contribution in [3.63, 3.8) is 0 Å². The van der Waals surface area contributed by atoms with Crippen LogP contribution in [0.15, 0.2) is 78.9 Å². The first-order valence-corrected chi connectivity index (χ1v) is 8.02. The second-order valence-electron chi connectivity index (χ2n) is 5.84. The van der Waals surface area contributed by atoms with Crippen LogP contribution in [0.5, 0.6) is 0 Å². The molecule has 0 aliphatic carbocycles. The Hall–Kier alpha value is -3.58. The van der Waals surface area contributed by atoms with E-state index in [1.54, 1.807) is 11.0 Å². The van der Waals surface area contributed by atoms with Crippen LogP contribution < -0.4 is 10.2 Å². The van der Waals surface area contributed by atoms with Crippen LogP contribution in [-0.4, -0.2) is 5.91 Å². The number of benzene rings is 3. The highest BCUT2D eigenvalue weighted by molar-refractivity contribution is 6.12. The number of hydrogen-bond acceptors (Lipinski definition) is 3. The number of nitriles is 1. The summed E-state index contributed by atoms with van der Waals surface area (Å²) in [4.78, 5) is 14.9. The minimum atomic E-state index is -0.377. The third-order valence-electron chi connectivity index (χ3n) is 4.29. The zero-order chi connectivity index (χ0) is 17.2. The molecule has 0 bridgehead atoms. The summed E-state index contributed by atoms with van der Waals surface area (Å²) in [6.45, 7) is 0. The molecule has 0 saturated carbocycles. The van der Waals surface area contributed by atoms with Crippen LogP contribution in [0.25, 0.3) is 0 Å². The molecule has 0 radical (unpaired) electrons. The number of nitrogens with one attached hydrogen (secondary N) is 1. The number of amides is 1. The Bertz CT molecular complexity index is 976. The maximum atomic E-state index is 13.2. The third-order valence-corrected chi connectivity index (χ3v) is 4.29. The lowest BCUT2D eigenvalue weighted by Gasteiger charge is -2.38. The Morgan fingerprint density at radius 1 is 0.920 bits per heavy atom. The van der Waals surface area contributed by atoms with Gasteiger partial charge < -0.3 is 5.32 Å². The maximum absolute atomic E-state index is 13.2. The molecular weight excluding hydrogens is 310 g/mol. The number of carbonyl (C=O) groups is 1. The van der Waals surface area contributed by atoms with E-state index in [0.29, 0.717) is 11.1 Å². The van der Waals surface area contributed by atoms with Gasteiger partial charge in [0.25, 0.3) is 5.91 Å². The number of hydrogen-bond donors (Lipinski definition) is 1. The van der Waals surface area contributed by atoms with Crippen molar-refractivity contribution in [1.82, 2.24) is 0 Å². The Labute approximate surface area is 145 Å². The molecule has 4 rings (SSSR count). The van der Waals surface area contributed by atoms with Crippen molar-refractivity contribution < 1.29 is 4.79 Å². The lowest BCUT2D eigenvalue weighted by atomic mass is 10.0. The molecule has 3 aromatic carbocycles. The standard InChI is InChI=1S/C21H15N3O/c22-14-15-7-6-8-16(13-15)20-23-19-12-5-4-11-18(19)21(25)24(20)17-9-2-1-3-10-17/h1-13,20,23H/t20-/m0/s1. The fourth-order valence-corrected chi connectivity index (χ4v) is 3.12. The lowest BCUT2D eigenvalue weighted by molar-refractivity contribution is 0.0975.